The zero-order chi connectivity index (χ0) is 14.5. The third-order valence-corrected chi connectivity index (χ3v) is 3.25. The Labute approximate surface area is 126 Å². The van der Waals surface area contributed by atoms with E-state index in [4.69, 9.17) is 23.2 Å². The van der Waals surface area contributed by atoms with E-state index < -0.39 is 11.9 Å². The highest BCUT2D eigenvalue weighted by Gasteiger charge is 2.17. The summed E-state index contributed by atoms with van der Waals surface area (Å²) in [6.07, 6.45) is 0. The maximum absolute atomic E-state index is 12.1. The van der Waals surface area contributed by atoms with Crippen LogP contribution in [0.4, 0.5) is 0 Å². The maximum Gasteiger partial charge on any atom is 0.254 e. The molecule has 0 saturated carbocycles. The second kappa shape index (κ2) is 6.70. The minimum atomic E-state index is -0.504. The van der Waals surface area contributed by atoms with Gasteiger partial charge in [-0.15, -0.1) is 0 Å². The number of hydrogen-bond acceptors (Lipinski definition) is 3. The molecule has 2 aromatic rings. The minimum absolute atomic E-state index is 0.0275. The first kappa shape index (κ1) is 14.8. The van der Waals surface area contributed by atoms with Crippen molar-refractivity contribution >= 4 is 29.1 Å². The largest absolute Gasteiger partial charge is 0.394 e. The lowest BCUT2D eigenvalue weighted by Gasteiger charge is -2.17. The summed E-state index contributed by atoms with van der Waals surface area (Å²) in [6.45, 7) is -0.214. The van der Waals surface area contributed by atoms with Gasteiger partial charge in [0.2, 0.25) is 0 Å². The molecule has 2 rings (SSSR count). The molecule has 1 aromatic carbocycles. The van der Waals surface area contributed by atoms with Gasteiger partial charge in [0.1, 0.15) is 10.3 Å². The molecule has 2 N–H and O–H groups in total. The third kappa shape index (κ3) is 3.48. The number of halogens is 2. The lowest BCUT2D eigenvalue weighted by atomic mass is 10.1. The standard InChI is InChI=1S/C14H12Cl2N2O2/c15-12-7-6-10(13(16)18-12)14(20)17-11(8-19)9-4-2-1-3-5-9/h1-7,11,19H,8H2,(H,17,20)/t11-/m0/s1. The number of rotatable bonds is 4. The molecule has 4 nitrogen and oxygen atoms in total. The normalized spacial score (nSPS) is 11.9. The molecule has 6 heteroatoms. The zero-order valence-electron chi connectivity index (χ0n) is 10.4. The van der Waals surface area contributed by atoms with Crippen molar-refractivity contribution in [1.29, 1.82) is 0 Å². The van der Waals surface area contributed by atoms with Gasteiger partial charge in [-0.3, -0.25) is 4.79 Å². The fraction of sp³-hybridized carbons (Fsp3) is 0.143. The van der Waals surface area contributed by atoms with Gasteiger partial charge in [-0.05, 0) is 17.7 Å². The van der Waals surface area contributed by atoms with Crippen molar-refractivity contribution < 1.29 is 9.90 Å². The van der Waals surface area contributed by atoms with Crippen LogP contribution in [0.5, 0.6) is 0 Å². The Balaban J connectivity index is 2.17. The number of carbonyl (C=O) groups excluding carboxylic acids is 1. The quantitative estimate of drug-likeness (QED) is 0.854. The van der Waals surface area contributed by atoms with E-state index in [-0.39, 0.29) is 22.5 Å². The highest BCUT2D eigenvalue weighted by atomic mass is 35.5. The Morgan fingerprint density at radius 3 is 2.50 bits per heavy atom. The van der Waals surface area contributed by atoms with Crippen molar-refractivity contribution in [3.63, 3.8) is 0 Å². The molecule has 0 bridgehead atoms. The van der Waals surface area contributed by atoms with Gasteiger partial charge in [0.15, 0.2) is 0 Å². The van der Waals surface area contributed by atoms with Gasteiger partial charge in [-0.1, -0.05) is 53.5 Å². The fourth-order valence-electron chi connectivity index (χ4n) is 1.74. The number of amides is 1. The third-order valence-electron chi connectivity index (χ3n) is 2.75. The van der Waals surface area contributed by atoms with E-state index in [1.54, 1.807) is 0 Å². The van der Waals surface area contributed by atoms with E-state index in [1.807, 2.05) is 30.3 Å². The molecule has 1 aromatic heterocycles. The molecule has 0 fully saturated rings. The maximum atomic E-state index is 12.1. The van der Waals surface area contributed by atoms with Crippen molar-refractivity contribution in [2.45, 2.75) is 6.04 Å². The van der Waals surface area contributed by atoms with Crippen molar-refractivity contribution in [1.82, 2.24) is 10.3 Å². The van der Waals surface area contributed by atoms with Crippen LogP contribution in [-0.2, 0) is 0 Å². The SMILES string of the molecule is O=C(N[C@@H](CO)c1ccccc1)c1ccc(Cl)nc1Cl. The van der Waals surface area contributed by atoms with Crippen LogP contribution in [0.2, 0.25) is 10.3 Å². The first-order valence-corrected chi connectivity index (χ1v) is 6.66. The second-order valence-electron chi connectivity index (χ2n) is 4.09. The summed E-state index contributed by atoms with van der Waals surface area (Å²) in [6, 6.07) is 11.6. The van der Waals surface area contributed by atoms with Crippen molar-refractivity contribution in [3.05, 3.63) is 63.9 Å². The van der Waals surface area contributed by atoms with Crippen LogP contribution in [0.25, 0.3) is 0 Å². The Bertz CT molecular complexity index is 605. The molecular formula is C14H12Cl2N2O2. The number of benzene rings is 1. The van der Waals surface area contributed by atoms with E-state index in [0.717, 1.165) is 5.56 Å². The first-order chi connectivity index (χ1) is 9.61. The minimum Gasteiger partial charge on any atom is -0.394 e. The predicted molar refractivity (Wildman–Crippen MR) is 78.0 cm³/mol. The van der Waals surface area contributed by atoms with E-state index in [1.165, 1.54) is 12.1 Å². The van der Waals surface area contributed by atoms with Crippen LogP contribution >= 0.6 is 23.2 Å². The van der Waals surface area contributed by atoms with Crippen LogP contribution in [0.1, 0.15) is 22.0 Å². The van der Waals surface area contributed by atoms with Crippen molar-refractivity contribution in [3.8, 4) is 0 Å². The fourth-order valence-corrected chi connectivity index (χ4v) is 2.17. The van der Waals surface area contributed by atoms with Crippen LogP contribution in [-0.4, -0.2) is 22.6 Å². The van der Waals surface area contributed by atoms with Gasteiger partial charge in [-0.25, -0.2) is 4.98 Å². The van der Waals surface area contributed by atoms with Gasteiger partial charge in [-0.2, -0.15) is 0 Å². The average Bonchev–Trinajstić information content (AvgIpc) is 2.45. The topological polar surface area (TPSA) is 62.2 Å². The Kier molecular flexibility index (Phi) is 4.95. The molecule has 0 unspecified atom stereocenters. The van der Waals surface area contributed by atoms with Crippen LogP contribution < -0.4 is 5.32 Å². The second-order valence-corrected chi connectivity index (χ2v) is 4.84. The molecule has 104 valence electrons. The molecule has 1 amide bonds. The number of pyridine rings is 1. The molecule has 0 aliphatic carbocycles. The van der Waals surface area contributed by atoms with E-state index >= 15 is 0 Å². The van der Waals surface area contributed by atoms with E-state index in [0.29, 0.717) is 0 Å². The number of carbonyl (C=O) groups is 1. The van der Waals surface area contributed by atoms with Gasteiger partial charge >= 0.3 is 0 Å². The average molecular weight is 311 g/mol. The molecule has 0 saturated heterocycles. The van der Waals surface area contributed by atoms with Gasteiger partial charge < -0.3 is 10.4 Å². The number of nitrogens with zero attached hydrogens (tertiary/aromatic N) is 1. The van der Waals surface area contributed by atoms with E-state index in [9.17, 15) is 9.90 Å². The monoisotopic (exact) mass is 310 g/mol. The molecule has 0 radical (unpaired) electrons. The summed E-state index contributed by atoms with van der Waals surface area (Å²) in [4.78, 5) is 15.9. The summed E-state index contributed by atoms with van der Waals surface area (Å²) in [5.74, 6) is -0.415. The summed E-state index contributed by atoms with van der Waals surface area (Å²) >= 11 is 11.6. The molecule has 0 aliphatic rings. The zero-order valence-corrected chi connectivity index (χ0v) is 11.9. The number of aromatic nitrogens is 1. The number of nitrogens with one attached hydrogen (secondary N) is 1. The molecule has 0 aliphatic heterocycles. The summed E-state index contributed by atoms with van der Waals surface area (Å²) in [5.41, 5.74) is 1.02. The number of hydrogen-bond donors (Lipinski definition) is 2. The summed E-state index contributed by atoms with van der Waals surface area (Å²) in [7, 11) is 0. The summed E-state index contributed by atoms with van der Waals surface area (Å²) in [5, 5.41) is 12.4. The molecule has 0 spiro atoms. The molecule has 1 atom stereocenters. The first-order valence-electron chi connectivity index (χ1n) is 5.90. The Morgan fingerprint density at radius 1 is 1.20 bits per heavy atom. The highest BCUT2D eigenvalue weighted by molar-refractivity contribution is 6.34. The molecule has 1 heterocycles. The summed E-state index contributed by atoms with van der Waals surface area (Å²) < 4.78 is 0. The van der Waals surface area contributed by atoms with Gasteiger partial charge in [0.05, 0.1) is 18.2 Å². The smallest absolute Gasteiger partial charge is 0.254 e. The highest BCUT2D eigenvalue weighted by Crippen LogP contribution is 2.18. The van der Waals surface area contributed by atoms with Crippen LogP contribution in [0, 0.1) is 0 Å². The van der Waals surface area contributed by atoms with Gasteiger partial charge in [0.25, 0.3) is 5.91 Å². The van der Waals surface area contributed by atoms with Crippen LogP contribution in [0.3, 0.4) is 0 Å². The Hall–Kier alpha value is -1.62. The predicted octanol–water partition coefficient (Wildman–Crippen LogP) is 2.85. The molecular weight excluding hydrogens is 299 g/mol. The van der Waals surface area contributed by atoms with Crippen LogP contribution in [0.15, 0.2) is 42.5 Å². The van der Waals surface area contributed by atoms with Crippen molar-refractivity contribution in [2.24, 2.45) is 0 Å². The van der Waals surface area contributed by atoms with Gasteiger partial charge in [0, 0.05) is 0 Å². The van der Waals surface area contributed by atoms with Crippen molar-refractivity contribution in [2.75, 3.05) is 6.61 Å². The Morgan fingerprint density at radius 2 is 1.90 bits per heavy atom. The molecule has 20 heavy (non-hydrogen) atoms. The number of aliphatic hydroxyl groups is 1. The number of aliphatic hydroxyl groups excluding tert-OH is 1. The van der Waals surface area contributed by atoms with E-state index in [2.05, 4.69) is 10.3 Å². The lowest BCUT2D eigenvalue weighted by molar-refractivity contribution is 0.0916. The lowest BCUT2D eigenvalue weighted by Crippen LogP contribution is -2.31.